The molecule has 2 atom stereocenters. The second-order valence-electron chi connectivity index (χ2n) is 19.3. The highest BCUT2D eigenvalue weighted by Crippen LogP contribution is 2.17. The Morgan fingerprint density at radius 3 is 1.13 bits per heavy atom. The normalized spacial score (nSPS) is 12.8. The average molecular weight is 889 g/mol. The predicted molar refractivity (Wildman–Crippen MR) is 273 cm³/mol. The third kappa shape index (κ3) is 49.6. The lowest BCUT2D eigenvalue weighted by Crippen LogP contribution is -2.45. The van der Waals surface area contributed by atoms with E-state index in [0.717, 1.165) is 44.9 Å². The fraction of sp³-hybridized carbons (Fsp3) is 0.895. The zero-order chi connectivity index (χ0) is 45.8. The molecule has 0 saturated carbocycles. The molecule has 0 aromatic rings. The monoisotopic (exact) mass is 888 g/mol. The topological polar surface area (TPSA) is 95.9 Å². The van der Waals surface area contributed by atoms with Crippen LogP contribution in [0.25, 0.3) is 0 Å². The lowest BCUT2D eigenvalue weighted by Gasteiger charge is -2.20. The van der Waals surface area contributed by atoms with Gasteiger partial charge >= 0.3 is 5.97 Å². The largest absolute Gasteiger partial charge is 0.466 e. The van der Waals surface area contributed by atoms with E-state index in [2.05, 4.69) is 31.3 Å². The highest BCUT2D eigenvalue weighted by atomic mass is 16.5. The standard InChI is InChI=1S/C57H109NO5/c1-3-5-7-9-11-13-15-16-17-21-25-28-31-35-39-43-47-51-57(62)63-52-48-44-40-36-32-29-26-23-20-18-19-22-24-27-30-34-38-42-46-50-56(61)58-54(53-59)55(60)49-45-41-37-33-14-12-10-8-6-4-2/h16-17,45,49,54-55,59-60H,3-15,18-44,46-48,50-53H2,1-2H3,(H,58,61)/b17-16-,49-45+. The third-order valence-electron chi connectivity index (χ3n) is 13.0. The van der Waals surface area contributed by atoms with Crippen molar-refractivity contribution in [3.05, 3.63) is 24.3 Å². The summed E-state index contributed by atoms with van der Waals surface area (Å²) in [4.78, 5) is 24.5. The lowest BCUT2D eigenvalue weighted by atomic mass is 10.0. The molecule has 2 unspecified atom stereocenters. The van der Waals surface area contributed by atoms with Gasteiger partial charge in [-0.05, 0) is 57.8 Å². The van der Waals surface area contributed by atoms with Crippen molar-refractivity contribution < 1.29 is 24.5 Å². The summed E-state index contributed by atoms with van der Waals surface area (Å²) < 4.78 is 5.48. The maximum absolute atomic E-state index is 12.4. The number of carbonyl (C=O) groups excluding carboxylic acids is 2. The van der Waals surface area contributed by atoms with Crippen LogP contribution in [0.5, 0.6) is 0 Å². The molecular formula is C57H109NO5. The molecule has 6 nitrogen and oxygen atoms in total. The van der Waals surface area contributed by atoms with Gasteiger partial charge in [-0.1, -0.05) is 256 Å². The average Bonchev–Trinajstić information content (AvgIpc) is 3.28. The second kappa shape index (κ2) is 53.0. The molecule has 0 fully saturated rings. The highest BCUT2D eigenvalue weighted by Gasteiger charge is 2.18. The van der Waals surface area contributed by atoms with Crippen LogP contribution in [0.2, 0.25) is 0 Å². The molecule has 1 amide bonds. The first-order valence-corrected chi connectivity index (χ1v) is 28.1. The van der Waals surface area contributed by atoms with E-state index in [1.54, 1.807) is 6.08 Å². The summed E-state index contributed by atoms with van der Waals surface area (Å²) >= 11 is 0. The SMILES string of the molecule is CCCCCCCC/C=C\CCCCCCCCCC(=O)OCCCCCCCCCCCCCCCCCCCCCC(=O)NC(CO)C(O)/C=C/CCCCCCCCCC. The van der Waals surface area contributed by atoms with E-state index < -0.39 is 12.1 Å². The Morgan fingerprint density at radius 1 is 0.429 bits per heavy atom. The second-order valence-corrected chi connectivity index (χ2v) is 19.3. The van der Waals surface area contributed by atoms with Crippen molar-refractivity contribution in [2.24, 2.45) is 0 Å². The van der Waals surface area contributed by atoms with Crippen molar-refractivity contribution >= 4 is 11.9 Å². The minimum atomic E-state index is -0.844. The molecule has 3 N–H and O–H groups in total. The van der Waals surface area contributed by atoms with Crippen LogP contribution in [0.15, 0.2) is 24.3 Å². The first kappa shape index (κ1) is 61.3. The summed E-state index contributed by atoms with van der Waals surface area (Å²) in [5.41, 5.74) is 0. The highest BCUT2D eigenvalue weighted by molar-refractivity contribution is 5.76. The van der Waals surface area contributed by atoms with Crippen LogP contribution in [-0.2, 0) is 14.3 Å². The molecule has 6 heteroatoms. The Bertz CT molecular complexity index is 982. The molecule has 0 aromatic heterocycles. The number of esters is 1. The van der Waals surface area contributed by atoms with Gasteiger partial charge in [0.1, 0.15) is 0 Å². The predicted octanol–water partition coefficient (Wildman–Crippen LogP) is 17.1. The van der Waals surface area contributed by atoms with Gasteiger partial charge in [-0.3, -0.25) is 9.59 Å². The van der Waals surface area contributed by atoms with E-state index in [1.165, 1.54) is 231 Å². The third-order valence-corrected chi connectivity index (χ3v) is 13.0. The molecule has 0 bridgehead atoms. The van der Waals surface area contributed by atoms with Crippen molar-refractivity contribution in [3.63, 3.8) is 0 Å². The summed E-state index contributed by atoms with van der Waals surface area (Å²) in [5, 5.41) is 23.0. The van der Waals surface area contributed by atoms with Crippen molar-refractivity contribution in [1.82, 2.24) is 5.32 Å². The van der Waals surface area contributed by atoms with Crippen molar-refractivity contribution in [1.29, 1.82) is 0 Å². The maximum atomic E-state index is 12.4. The van der Waals surface area contributed by atoms with Gasteiger partial charge in [0.2, 0.25) is 5.91 Å². The number of ether oxygens (including phenoxy) is 1. The number of hydrogen-bond donors (Lipinski definition) is 3. The molecule has 0 spiro atoms. The Balaban J connectivity index is 3.38. The minimum absolute atomic E-state index is 0.00477. The number of amides is 1. The molecule has 0 aromatic carbocycles. The number of allylic oxidation sites excluding steroid dienone is 3. The molecule has 0 radical (unpaired) electrons. The number of aliphatic hydroxyl groups is 2. The van der Waals surface area contributed by atoms with Gasteiger partial charge in [-0.15, -0.1) is 0 Å². The van der Waals surface area contributed by atoms with E-state index in [-0.39, 0.29) is 18.5 Å². The Labute approximate surface area is 392 Å². The molecule has 0 aliphatic heterocycles. The number of nitrogens with one attached hydrogen (secondary N) is 1. The number of aliphatic hydroxyl groups excluding tert-OH is 2. The van der Waals surface area contributed by atoms with E-state index in [1.807, 2.05) is 6.08 Å². The van der Waals surface area contributed by atoms with Gasteiger partial charge < -0.3 is 20.3 Å². The van der Waals surface area contributed by atoms with Gasteiger partial charge in [0.15, 0.2) is 0 Å². The Kier molecular flexibility index (Phi) is 51.6. The fourth-order valence-electron chi connectivity index (χ4n) is 8.63. The van der Waals surface area contributed by atoms with E-state index in [0.29, 0.717) is 19.4 Å². The first-order valence-electron chi connectivity index (χ1n) is 28.1. The van der Waals surface area contributed by atoms with Crippen molar-refractivity contribution in [2.75, 3.05) is 13.2 Å². The fourth-order valence-corrected chi connectivity index (χ4v) is 8.63. The molecule has 0 aliphatic rings. The summed E-state index contributed by atoms with van der Waals surface area (Å²) in [6.07, 6.45) is 63.4. The Hall–Kier alpha value is -1.66. The number of unbranched alkanes of at least 4 members (excludes halogenated alkanes) is 39. The van der Waals surface area contributed by atoms with E-state index in [9.17, 15) is 19.8 Å². The number of hydrogen-bond acceptors (Lipinski definition) is 5. The number of rotatable bonds is 52. The molecule has 372 valence electrons. The molecule has 0 saturated heterocycles. The number of carbonyl (C=O) groups is 2. The van der Waals surface area contributed by atoms with Crippen molar-refractivity contribution in [2.45, 2.75) is 315 Å². The van der Waals surface area contributed by atoms with Crippen LogP contribution >= 0.6 is 0 Å². The van der Waals surface area contributed by atoms with E-state index >= 15 is 0 Å². The quantitative estimate of drug-likeness (QED) is 0.0321. The van der Waals surface area contributed by atoms with Crippen LogP contribution in [-0.4, -0.2) is 47.4 Å². The first-order chi connectivity index (χ1) is 31.0. The molecule has 63 heavy (non-hydrogen) atoms. The summed E-state index contributed by atoms with van der Waals surface area (Å²) in [7, 11) is 0. The summed E-state index contributed by atoms with van der Waals surface area (Å²) in [6, 6.07) is -0.628. The minimum Gasteiger partial charge on any atom is -0.466 e. The van der Waals surface area contributed by atoms with Gasteiger partial charge in [0.05, 0.1) is 25.4 Å². The van der Waals surface area contributed by atoms with Crippen LogP contribution in [0.3, 0.4) is 0 Å². The Morgan fingerprint density at radius 2 is 0.746 bits per heavy atom. The van der Waals surface area contributed by atoms with Crippen LogP contribution < -0.4 is 5.32 Å². The summed E-state index contributed by atoms with van der Waals surface area (Å²) in [6.45, 7) is 4.88. The maximum Gasteiger partial charge on any atom is 0.305 e. The smallest absolute Gasteiger partial charge is 0.305 e. The van der Waals surface area contributed by atoms with Gasteiger partial charge in [-0.2, -0.15) is 0 Å². The zero-order valence-corrected chi connectivity index (χ0v) is 42.3. The van der Waals surface area contributed by atoms with Crippen LogP contribution in [0.1, 0.15) is 303 Å². The van der Waals surface area contributed by atoms with Crippen molar-refractivity contribution in [3.8, 4) is 0 Å². The summed E-state index contributed by atoms with van der Waals surface area (Å²) in [5.74, 6) is -0.0677. The zero-order valence-electron chi connectivity index (χ0n) is 42.3. The molecule has 0 heterocycles. The van der Waals surface area contributed by atoms with Gasteiger partial charge in [0.25, 0.3) is 0 Å². The van der Waals surface area contributed by atoms with Gasteiger partial charge in [-0.25, -0.2) is 0 Å². The van der Waals surface area contributed by atoms with Gasteiger partial charge in [0, 0.05) is 12.8 Å². The molecule has 0 aliphatic carbocycles. The van der Waals surface area contributed by atoms with Crippen LogP contribution in [0, 0.1) is 0 Å². The van der Waals surface area contributed by atoms with E-state index in [4.69, 9.17) is 4.74 Å². The molecule has 0 rings (SSSR count). The van der Waals surface area contributed by atoms with Crippen LogP contribution in [0.4, 0.5) is 0 Å². The molecular weight excluding hydrogens is 779 g/mol. The lowest BCUT2D eigenvalue weighted by molar-refractivity contribution is -0.143.